The van der Waals surface area contributed by atoms with Crippen molar-refractivity contribution < 1.29 is 14.3 Å². The van der Waals surface area contributed by atoms with Crippen LogP contribution >= 0.6 is 0 Å². The van der Waals surface area contributed by atoms with E-state index in [0.717, 1.165) is 71.7 Å². The quantitative estimate of drug-likeness (QED) is 0.731. The predicted molar refractivity (Wildman–Crippen MR) is 117 cm³/mol. The first-order valence-electron chi connectivity index (χ1n) is 11.9. The zero-order chi connectivity index (χ0) is 21.3. The van der Waals surface area contributed by atoms with E-state index in [4.69, 9.17) is 4.74 Å². The van der Waals surface area contributed by atoms with Crippen LogP contribution < -0.4 is 5.32 Å². The average molecular weight is 427 g/mol. The van der Waals surface area contributed by atoms with Crippen molar-refractivity contribution in [1.29, 1.82) is 0 Å². The van der Waals surface area contributed by atoms with Gasteiger partial charge in [0.2, 0.25) is 0 Å². The van der Waals surface area contributed by atoms with Crippen molar-refractivity contribution in [1.82, 2.24) is 20.0 Å². The number of amides is 3. The van der Waals surface area contributed by atoms with Gasteiger partial charge < -0.3 is 15.0 Å². The number of hydrogen-bond donors (Lipinski definition) is 1. The number of carbonyl (C=O) groups excluding carboxylic acids is 2. The van der Waals surface area contributed by atoms with E-state index in [1.54, 1.807) is 4.90 Å². The summed E-state index contributed by atoms with van der Waals surface area (Å²) in [6.45, 7) is 7.30. The highest BCUT2D eigenvalue weighted by Gasteiger charge is 2.54. The monoisotopic (exact) mass is 426 g/mol. The molecule has 0 bridgehead atoms. The molecule has 0 aromatic heterocycles. The summed E-state index contributed by atoms with van der Waals surface area (Å²) in [7, 11) is 0. The number of hydrogen-bond acceptors (Lipinski definition) is 5. The maximum Gasteiger partial charge on any atom is 0.325 e. The molecule has 4 heterocycles. The van der Waals surface area contributed by atoms with Crippen molar-refractivity contribution in [3.63, 3.8) is 0 Å². The lowest BCUT2D eigenvalue weighted by molar-refractivity contribution is -0.135. The highest BCUT2D eigenvalue weighted by molar-refractivity contribution is 6.07. The third kappa shape index (κ3) is 4.36. The van der Waals surface area contributed by atoms with Crippen molar-refractivity contribution in [2.24, 2.45) is 5.92 Å². The maximum absolute atomic E-state index is 13.4. The van der Waals surface area contributed by atoms with Gasteiger partial charge in [-0.1, -0.05) is 30.3 Å². The van der Waals surface area contributed by atoms with Crippen LogP contribution in [-0.4, -0.2) is 84.2 Å². The second-order valence-electron chi connectivity index (χ2n) is 9.71. The molecule has 1 aromatic carbocycles. The summed E-state index contributed by atoms with van der Waals surface area (Å²) < 4.78 is 5.50. The lowest BCUT2D eigenvalue weighted by Crippen LogP contribution is -2.55. The molecule has 4 aliphatic rings. The van der Waals surface area contributed by atoms with Crippen molar-refractivity contribution in [2.45, 2.75) is 50.2 Å². The van der Waals surface area contributed by atoms with Gasteiger partial charge in [0, 0.05) is 51.9 Å². The molecule has 5 rings (SSSR count). The number of urea groups is 1. The summed E-state index contributed by atoms with van der Waals surface area (Å²) in [5.41, 5.74) is 0.598. The van der Waals surface area contributed by atoms with E-state index in [2.05, 4.69) is 39.4 Å². The number of nitrogens with zero attached hydrogens (tertiary/aromatic N) is 3. The van der Waals surface area contributed by atoms with Gasteiger partial charge in [-0.15, -0.1) is 0 Å². The Kier molecular flexibility index (Phi) is 5.99. The zero-order valence-electron chi connectivity index (χ0n) is 18.3. The van der Waals surface area contributed by atoms with Crippen molar-refractivity contribution >= 4 is 11.9 Å². The Morgan fingerprint density at radius 3 is 2.39 bits per heavy atom. The van der Waals surface area contributed by atoms with E-state index >= 15 is 0 Å². The van der Waals surface area contributed by atoms with E-state index in [9.17, 15) is 9.59 Å². The van der Waals surface area contributed by atoms with Crippen molar-refractivity contribution in [3.8, 4) is 0 Å². The molecule has 1 atom stereocenters. The molecule has 1 aromatic rings. The smallest absolute Gasteiger partial charge is 0.325 e. The molecule has 31 heavy (non-hydrogen) atoms. The van der Waals surface area contributed by atoms with Gasteiger partial charge in [0.1, 0.15) is 5.54 Å². The Balaban J connectivity index is 1.15. The SMILES string of the molecule is O=C1NC2(CCN(Cc3ccccc3)CC2)C(=O)N1C1CCN(C[C@@H]2CCOC2)CC1. The molecular formula is C24H34N4O3. The van der Waals surface area contributed by atoms with Crippen LogP contribution in [0.15, 0.2) is 30.3 Å². The summed E-state index contributed by atoms with van der Waals surface area (Å²) in [6, 6.07) is 10.3. The standard InChI is InChI=1S/C24H34N4O3/c29-22-24(9-13-27(14-10-24)16-19-4-2-1-3-5-19)25-23(30)28(22)21-6-11-26(12-7-21)17-20-8-15-31-18-20/h1-5,20-21H,6-18H2,(H,25,30)/t20-/m0/s1. The number of ether oxygens (including phenoxy) is 1. The first-order valence-corrected chi connectivity index (χ1v) is 11.9. The molecule has 4 fully saturated rings. The number of benzene rings is 1. The number of carbonyl (C=O) groups is 2. The van der Waals surface area contributed by atoms with Gasteiger partial charge in [-0.25, -0.2) is 4.79 Å². The fourth-order valence-electron chi connectivity index (χ4n) is 5.70. The predicted octanol–water partition coefficient (Wildman–Crippen LogP) is 2.07. The van der Waals surface area contributed by atoms with E-state index in [-0.39, 0.29) is 18.0 Å². The second-order valence-corrected chi connectivity index (χ2v) is 9.71. The Hall–Kier alpha value is -1.96. The molecule has 1 spiro atoms. The second kappa shape index (κ2) is 8.88. The molecule has 0 radical (unpaired) electrons. The van der Waals surface area contributed by atoms with Crippen LogP contribution in [0.25, 0.3) is 0 Å². The van der Waals surface area contributed by atoms with Gasteiger partial charge >= 0.3 is 6.03 Å². The molecule has 0 aliphatic carbocycles. The van der Waals surface area contributed by atoms with Crippen molar-refractivity contribution in [2.75, 3.05) is 45.9 Å². The first kappa shape index (κ1) is 20.9. The highest BCUT2D eigenvalue weighted by atomic mass is 16.5. The molecule has 7 nitrogen and oxygen atoms in total. The molecule has 4 saturated heterocycles. The highest BCUT2D eigenvalue weighted by Crippen LogP contribution is 2.33. The number of likely N-dealkylation sites (tertiary alicyclic amines) is 2. The van der Waals surface area contributed by atoms with Crippen LogP contribution in [0.4, 0.5) is 4.79 Å². The number of rotatable bonds is 5. The Morgan fingerprint density at radius 1 is 0.968 bits per heavy atom. The van der Waals surface area contributed by atoms with E-state index in [1.165, 1.54) is 5.56 Å². The van der Waals surface area contributed by atoms with Crippen LogP contribution in [0.3, 0.4) is 0 Å². The van der Waals surface area contributed by atoms with Gasteiger partial charge in [-0.3, -0.25) is 14.6 Å². The number of imide groups is 1. The van der Waals surface area contributed by atoms with Crippen molar-refractivity contribution in [3.05, 3.63) is 35.9 Å². The van der Waals surface area contributed by atoms with E-state index < -0.39 is 5.54 Å². The molecule has 3 amide bonds. The van der Waals surface area contributed by atoms with Crippen LogP contribution in [-0.2, 0) is 16.1 Å². The molecule has 4 aliphatic heterocycles. The molecule has 168 valence electrons. The molecule has 0 saturated carbocycles. The summed E-state index contributed by atoms with van der Waals surface area (Å²) in [6.07, 6.45) is 4.30. The normalized spacial score (nSPS) is 27.9. The number of piperidine rings is 2. The van der Waals surface area contributed by atoms with Gasteiger partial charge in [0.05, 0.1) is 6.61 Å². The van der Waals surface area contributed by atoms with Gasteiger partial charge in [-0.05, 0) is 43.6 Å². The van der Waals surface area contributed by atoms with Crippen LogP contribution in [0.5, 0.6) is 0 Å². The zero-order valence-corrected chi connectivity index (χ0v) is 18.3. The summed E-state index contributed by atoms with van der Waals surface area (Å²) in [5, 5.41) is 3.10. The van der Waals surface area contributed by atoms with Crippen LogP contribution in [0.2, 0.25) is 0 Å². The lowest BCUT2D eigenvalue weighted by atomic mass is 9.86. The minimum absolute atomic E-state index is 0.0134. The first-order chi connectivity index (χ1) is 15.1. The van der Waals surface area contributed by atoms with Gasteiger partial charge in [0.25, 0.3) is 5.91 Å². The fraction of sp³-hybridized carbons (Fsp3) is 0.667. The summed E-state index contributed by atoms with van der Waals surface area (Å²) in [5.74, 6) is 0.650. The third-order valence-electron chi connectivity index (χ3n) is 7.61. The molecule has 7 heteroatoms. The van der Waals surface area contributed by atoms with E-state index in [1.807, 2.05) is 6.07 Å². The van der Waals surface area contributed by atoms with Gasteiger partial charge in [-0.2, -0.15) is 0 Å². The minimum atomic E-state index is -0.692. The molecule has 1 N–H and O–H groups in total. The largest absolute Gasteiger partial charge is 0.381 e. The van der Waals surface area contributed by atoms with E-state index in [0.29, 0.717) is 18.8 Å². The third-order valence-corrected chi connectivity index (χ3v) is 7.61. The minimum Gasteiger partial charge on any atom is -0.381 e. The van der Waals surface area contributed by atoms with Crippen LogP contribution in [0.1, 0.15) is 37.7 Å². The Morgan fingerprint density at radius 2 is 1.71 bits per heavy atom. The Labute approximate surface area is 184 Å². The van der Waals surface area contributed by atoms with Crippen LogP contribution in [0, 0.1) is 5.92 Å². The maximum atomic E-state index is 13.4. The molecule has 0 unspecified atom stereocenters. The summed E-state index contributed by atoms with van der Waals surface area (Å²) >= 11 is 0. The topological polar surface area (TPSA) is 65.1 Å². The fourth-order valence-corrected chi connectivity index (χ4v) is 5.70. The average Bonchev–Trinajstić information content (AvgIpc) is 3.38. The molecular weight excluding hydrogens is 392 g/mol. The lowest BCUT2D eigenvalue weighted by Gasteiger charge is -2.39. The summed E-state index contributed by atoms with van der Waals surface area (Å²) in [4.78, 5) is 32.7. The number of nitrogens with one attached hydrogen (secondary N) is 1. The Bertz CT molecular complexity index is 779. The van der Waals surface area contributed by atoms with Gasteiger partial charge in [0.15, 0.2) is 0 Å².